The first-order valence-electron chi connectivity index (χ1n) is 20.3. The number of unbranched alkanes of at least 4 members (excludes halogenated alkanes) is 12. The molecule has 10 nitrogen and oxygen atoms in total. The Hall–Kier alpha value is -4.60. The SMILES string of the molecule is CCCCCCOc1cc(N)c(N=Cc2ccc(C=Nc3cc(OCCCCCC)c(OCCCCCC)cc3N)c(O)c2O)cc1OCCCCCC. The van der Waals surface area contributed by atoms with Gasteiger partial charge in [-0.05, 0) is 37.8 Å². The van der Waals surface area contributed by atoms with Gasteiger partial charge in [-0.1, -0.05) is 105 Å². The van der Waals surface area contributed by atoms with Gasteiger partial charge in [0.15, 0.2) is 34.5 Å². The van der Waals surface area contributed by atoms with Gasteiger partial charge in [0, 0.05) is 47.8 Å². The molecule has 3 aromatic rings. The molecule has 54 heavy (non-hydrogen) atoms. The van der Waals surface area contributed by atoms with Crippen molar-refractivity contribution in [1.82, 2.24) is 0 Å². The van der Waals surface area contributed by atoms with Crippen molar-refractivity contribution in [3.63, 3.8) is 0 Å². The first-order valence-corrected chi connectivity index (χ1v) is 20.3. The van der Waals surface area contributed by atoms with E-state index in [1.54, 1.807) is 36.4 Å². The van der Waals surface area contributed by atoms with Crippen molar-refractivity contribution in [2.24, 2.45) is 9.98 Å². The average Bonchev–Trinajstić information content (AvgIpc) is 3.16. The zero-order valence-electron chi connectivity index (χ0n) is 33.3. The number of hydrogen-bond donors (Lipinski definition) is 4. The Balaban J connectivity index is 1.79. The zero-order valence-corrected chi connectivity index (χ0v) is 33.3. The Bertz CT molecular complexity index is 1480. The quantitative estimate of drug-likeness (QED) is 0.0248. The third kappa shape index (κ3) is 15.0. The number of benzene rings is 3. The number of hydrogen-bond acceptors (Lipinski definition) is 10. The molecule has 298 valence electrons. The number of nitrogen functional groups attached to an aromatic ring is 2. The van der Waals surface area contributed by atoms with Crippen LogP contribution in [0.15, 0.2) is 46.4 Å². The van der Waals surface area contributed by atoms with Crippen LogP contribution in [0, 0.1) is 0 Å². The smallest absolute Gasteiger partial charge is 0.167 e. The molecular formula is C44H66N4O6. The van der Waals surface area contributed by atoms with Crippen LogP contribution in [0.5, 0.6) is 34.5 Å². The number of nitrogens with zero attached hydrogens (tertiary/aromatic N) is 2. The lowest BCUT2D eigenvalue weighted by Gasteiger charge is -2.15. The van der Waals surface area contributed by atoms with Gasteiger partial charge in [0.05, 0.1) is 49.2 Å². The summed E-state index contributed by atoms with van der Waals surface area (Å²) in [5.41, 5.74) is 15.2. The predicted molar refractivity (Wildman–Crippen MR) is 225 cm³/mol. The van der Waals surface area contributed by atoms with E-state index in [0.29, 0.717) is 83.3 Å². The third-order valence-corrected chi connectivity index (χ3v) is 9.11. The number of phenolic OH excluding ortho intramolecular Hbond substituents is 2. The van der Waals surface area contributed by atoms with Crippen LogP contribution < -0.4 is 30.4 Å². The molecule has 0 bridgehead atoms. The van der Waals surface area contributed by atoms with Gasteiger partial charge >= 0.3 is 0 Å². The van der Waals surface area contributed by atoms with E-state index in [-0.39, 0.29) is 11.5 Å². The molecule has 0 saturated carbocycles. The van der Waals surface area contributed by atoms with Gasteiger partial charge in [-0.2, -0.15) is 0 Å². The molecule has 0 aliphatic rings. The Morgan fingerprint density at radius 1 is 0.463 bits per heavy atom. The summed E-state index contributed by atoms with van der Waals surface area (Å²) >= 11 is 0. The summed E-state index contributed by atoms with van der Waals surface area (Å²) in [6.45, 7) is 11.0. The largest absolute Gasteiger partial charge is 0.504 e. The van der Waals surface area contributed by atoms with Crippen LogP contribution in [0.4, 0.5) is 22.7 Å². The van der Waals surface area contributed by atoms with Crippen molar-refractivity contribution in [1.29, 1.82) is 0 Å². The topological polar surface area (TPSA) is 154 Å². The predicted octanol–water partition coefficient (Wildman–Crippen LogP) is 11.6. The van der Waals surface area contributed by atoms with Crippen LogP contribution in [0.3, 0.4) is 0 Å². The van der Waals surface area contributed by atoms with E-state index in [9.17, 15) is 10.2 Å². The van der Waals surface area contributed by atoms with Crippen LogP contribution in [-0.4, -0.2) is 49.1 Å². The van der Waals surface area contributed by atoms with Gasteiger partial charge in [0.1, 0.15) is 0 Å². The van der Waals surface area contributed by atoms with Crippen LogP contribution in [0.1, 0.15) is 142 Å². The molecule has 0 amide bonds. The molecule has 0 unspecified atom stereocenters. The second-order valence-corrected chi connectivity index (χ2v) is 13.8. The average molecular weight is 747 g/mol. The Morgan fingerprint density at radius 3 is 1.06 bits per heavy atom. The lowest BCUT2D eigenvalue weighted by molar-refractivity contribution is 0.259. The molecule has 0 aliphatic heterocycles. The highest BCUT2D eigenvalue weighted by Gasteiger charge is 2.15. The van der Waals surface area contributed by atoms with Crippen molar-refractivity contribution < 1.29 is 29.2 Å². The minimum atomic E-state index is -0.336. The van der Waals surface area contributed by atoms with Crippen LogP contribution in [0.2, 0.25) is 0 Å². The first-order chi connectivity index (χ1) is 26.3. The van der Waals surface area contributed by atoms with Crippen molar-refractivity contribution in [3.05, 3.63) is 47.5 Å². The molecule has 3 aromatic carbocycles. The highest BCUT2D eigenvalue weighted by molar-refractivity contribution is 5.94. The molecule has 0 heterocycles. The van der Waals surface area contributed by atoms with Gasteiger partial charge in [-0.25, -0.2) is 0 Å². The minimum Gasteiger partial charge on any atom is -0.504 e. The maximum absolute atomic E-state index is 11.0. The normalized spacial score (nSPS) is 11.5. The Kier molecular flexibility index (Phi) is 20.6. The van der Waals surface area contributed by atoms with Crippen LogP contribution in [0.25, 0.3) is 0 Å². The maximum Gasteiger partial charge on any atom is 0.167 e. The Labute approximate surface area is 324 Å². The molecule has 0 aliphatic carbocycles. The maximum atomic E-state index is 11.0. The molecule has 0 saturated heterocycles. The molecule has 6 N–H and O–H groups in total. The van der Waals surface area contributed by atoms with E-state index in [1.807, 2.05) is 0 Å². The van der Waals surface area contributed by atoms with Crippen molar-refractivity contribution in [2.75, 3.05) is 37.9 Å². The van der Waals surface area contributed by atoms with Crippen molar-refractivity contribution in [3.8, 4) is 34.5 Å². The summed E-state index contributed by atoms with van der Waals surface area (Å²) < 4.78 is 24.4. The fourth-order valence-electron chi connectivity index (χ4n) is 5.75. The number of aliphatic imine (C=N–C) groups is 2. The Morgan fingerprint density at radius 2 is 0.759 bits per heavy atom. The first kappa shape index (κ1) is 43.8. The van der Waals surface area contributed by atoms with E-state index >= 15 is 0 Å². The summed E-state index contributed by atoms with van der Waals surface area (Å²) in [4.78, 5) is 9.11. The molecule has 3 rings (SSSR count). The van der Waals surface area contributed by atoms with Crippen molar-refractivity contribution >= 4 is 35.2 Å². The fourth-order valence-corrected chi connectivity index (χ4v) is 5.75. The highest BCUT2D eigenvalue weighted by Crippen LogP contribution is 2.39. The molecule has 10 heteroatoms. The monoisotopic (exact) mass is 746 g/mol. The lowest BCUT2D eigenvalue weighted by Crippen LogP contribution is -2.04. The van der Waals surface area contributed by atoms with Gasteiger partial charge < -0.3 is 40.6 Å². The highest BCUT2D eigenvalue weighted by atomic mass is 16.5. The fraction of sp³-hybridized carbons (Fsp3) is 0.545. The third-order valence-electron chi connectivity index (χ3n) is 9.11. The molecular weight excluding hydrogens is 681 g/mol. The van der Waals surface area contributed by atoms with E-state index in [2.05, 4.69) is 37.7 Å². The molecule has 0 fully saturated rings. The summed E-state index contributed by atoms with van der Waals surface area (Å²) in [5, 5.41) is 21.9. The van der Waals surface area contributed by atoms with Gasteiger partial charge in [-0.3, -0.25) is 9.98 Å². The number of anilines is 2. The second kappa shape index (κ2) is 25.4. The lowest BCUT2D eigenvalue weighted by atomic mass is 10.1. The van der Waals surface area contributed by atoms with Crippen LogP contribution >= 0.6 is 0 Å². The molecule has 0 aromatic heterocycles. The number of ether oxygens (including phenoxy) is 4. The summed E-state index contributed by atoms with van der Waals surface area (Å²) in [7, 11) is 0. The van der Waals surface area contributed by atoms with E-state index in [0.717, 1.165) is 89.9 Å². The summed E-state index contributed by atoms with van der Waals surface area (Å²) in [5.74, 6) is 1.68. The summed E-state index contributed by atoms with van der Waals surface area (Å²) in [6.07, 6.45) is 20.4. The number of aromatic hydroxyl groups is 2. The van der Waals surface area contributed by atoms with E-state index in [1.165, 1.54) is 25.3 Å². The van der Waals surface area contributed by atoms with Crippen LogP contribution in [-0.2, 0) is 0 Å². The number of phenols is 2. The van der Waals surface area contributed by atoms with Gasteiger partial charge in [-0.15, -0.1) is 0 Å². The van der Waals surface area contributed by atoms with Gasteiger partial charge in [0.2, 0.25) is 0 Å². The zero-order chi connectivity index (χ0) is 39.0. The van der Waals surface area contributed by atoms with Crippen molar-refractivity contribution in [2.45, 2.75) is 130 Å². The van der Waals surface area contributed by atoms with E-state index in [4.69, 9.17) is 30.4 Å². The number of rotatable bonds is 28. The summed E-state index contributed by atoms with van der Waals surface area (Å²) in [6, 6.07) is 10.3. The molecule has 0 atom stereocenters. The van der Waals surface area contributed by atoms with Gasteiger partial charge in [0.25, 0.3) is 0 Å². The molecule has 0 radical (unpaired) electrons. The standard InChI is InChI=1S/C44H66N4O6/c1-5-9-13-17-23-51-39-27-35(45)37(29-41(39)53-25-19-15-11-7-3)47-31-33-21-22-34(44(50)43(33)49)32-48-38-30-42(54-26-20-16-12-8-4)40(28-36(38)46)52-24-18-14-10-6-2/h21-22,27-32,49-50H,5-20,23-26,45-46H2,1-4H3. The second-order valence-electron chi connectivity index (χ2n) is 13.8. The number of nitrogens with two attached hydrogens (primary N) is 2. The molecule has 0 spiro atoms. The van der Waals surface area contributed by atoms with E-state index < -0.39 is 0 Å². The minimum absolute atomic E-state index is 0.307.